The lowest BCUT2D eigenvalue weighted by Crippen LogP contribution is -2.30. The fourth-order valence-corrected chi connectivity index (χ4v) is 9.01. The molecule has 0 saturated carbocycles. The number of carbonyl (C=O) groups excluding carboxylic acids is 3. The van der Waals surface area contributed by atoms with Gasteiger partial charge in [0.25, 0.3) is 0 Å². The third-order valence-corrected chi connectivity index (χ3v) is 14.0. The number of hydrogen-bond acceptors (Lipinski definition) is 6. The van der Waals surface area contributed by atoms with E-state index < -0.39 is 6.10 Å². The molecule has 0 aromatic heterocycles. The first kappa shape index (κ1) is 78.0. The van der Waals surface area contributed by atoms with Gasteiger partial charge in [-0.3, -0.25) is 14.4 Å². The van der Waals surface area contributed by atoms with Gasteiger partial charge in [0.15, 0.2) is 6.10 Å². The van der Waals surface area contributed by atoms with E-state index in [1.165, 1.54) is 89.9 Å². The molecule has 6 nitrogen and oxygen atoms in total. The van der Waals surface area contributed by atoms with E-state index in [9.17, 15) is 14.4 Å². The molecule has 0 N–H and O–H groups in total. The molecule has 0 heterocycles. The van der Waals surface area contributed by atoms with Crippen molar-refractivity contribution in [2.24, 2.45) is 0 Å². The van der Waals surface area contributed by atoms with Gasteiger partial charge in [0.05, 0.1) is 0 Å². The molecule has 0 bridgehead atoms. The smallest absolute Gasteiger partial charge is 0.306 e. The molecule has 0 rings (SSSR count). The van der Waals surface area contributed by atoms with E-state index in [1.807, 2.05) is 0 Å². The summed E-state index contributed by atoms with van der Waals surface area (Å²) < 4.78 is 16.9. The van der Waals surface area contributed by atoms with Crippen LogP contribution >= 0.6 is 0 Å². The molecule has 0 amide bonds. The maximum atomic E-state index is 12.9. The van der Waals surface area contributed by atoms with Gasteiger partial charge in [0, 0.05) is 19.3 Å². The standard InChI is InChI=1S/C77H124O6/c1-4-7-10-13-16-19-22-25-28-31-33-34-35-36-37-38-39-40-41-42-44-46-49-52-55-58-61-64-67-70-76(79)82-73-74(72-81-75(78)69-66-63-60-57-54-51-48-45-30-27-24-21-18-15-12-9-6-3)83-77(80)71-68-65-62-59-56-53-50-47-43-32-29-26-23-20-17-14-11-8-5-2/h7-8,10-11,16-17,19-20,25-26,28-29,33-34,36-37,39-40,42-44,47,49,52-53,56,74H,4-6,9,12-15,18,21-24,27,30-32,35,38,41,45-46,48,50-51,54-55,57-73H2,1-3H3/b10-7-,11-8-,19-16-,20-17-,28-25-,29-26-,34-33-,37-36-,40-39-,44-42-,47-43-,52-49-,56-53-. The second kappa shape index (κ2) is 69.5. The Labute approximate surface area is 511 Å². The highest BCUT2D eigenvalue weighted by Gasteiger charge is 2.19. The third-order valence-electron chi connectivity index (χ3n) is 14.0. The second-order valence-electron chi connectivity index (χ2n) is 22.0. The summed E-state index contributed by atoms with van der Waals surface area (Å²) in [4.78, 5) is 38.4. The first-order chi connectivity index (χ1) is 41.0. The Morgan fingerprint density at radius 3 is 0.747 bits per heavy atom. The maximum Gasteiger partial charge on any atom is 0.306 e. The molecule has 0 aliphatic heterocycles. The first-order valence-corrected chi connectivity index (χ1v) is 34.0. The normalized spacial score (nSPS) is 13.1. The molecular formula is C77H124O6. The fourth-order valence-electron chi connectivity index (χ4n) is 9.01. The van der Waals surface area contributed by atoms with Crippen LogP contribution in [-0.4, -0.2) is 37.2 Å². The number of unbranched alkanes of at least 4 members (excludes halogenated alkanes) is 23. The summed E-state index contributed by atoms with van der Waals surface area (Å²) in [5, 5.41) is 0. The van der Waals surface area contributed by atoms with E-state index in [4.69, 9.17) is 14.2 Å². The molecular weight excluding hydrogens is 1020 g/mol. The molecule has 1 unspecified atom stereocenters. The van der Waals surface area contributed by atoms with Gasteiger partial charge in [-0.1, -0.05) is 301 Å². The molecule has 468 valence electrons. The number of rotatable bonds is 60. The molecule has 0 aromatic rings. The molecule has 0 radical (unpaired) electrons. The fraction of sp³-hybridized carbons (Fsp3) is 0.623. The van der Waals surface area contributed by atoms with Crippen molar-refractivity contribution in [3.8, 4) is 0 Å². The van der Waals surface area contributed by atoms with Gasteiger partial charge < -0.3 is 14.2 Å². The van der Waals surface area contributed by atoms with Crippen LogP contribution < -0.4 is 0 Å². The van der Waals surface area contributed by atoms with Crippen molar-refractivity contribution < 1.29 is 28.6 Å². The van der Waals surface area contributed by atoms with Crippen molar-refractivity contribution in [3.63, 3.8) is 0 Å². The average molecular weight is 1150 g/mol. The van der Waals surface area contributed by atoms with Crippen LogP contribution in [0.1, 0.15) is 290 Å². The highest BCUT2D eigenvalue weighted by molar-refractivity contribution is 5.71. The van der Waals surface area contributed by atoms with Gasteiger partial charge >= 0.3 is 17.9 Å². The van der Waals surface area contributed by atoms with E-state index >= 15 is 0 Å². The highest BCUT2D eigenvalue weighted by Crippen LogP contribution is 2.16. The van der Waals surface area contributed by atoms with Crippen LogP contribution in [0, 0.1) is 0 Å². The minimum absolute atomic E-state index is 0.104. The zero-order chi connectivity index (χ0) is 59.9. The SMILES string of the molecule is CC/C=C\C/C=C\C/C=C\C/C=C\C/C=C\C/C=C\C/C=C\C/C=C\CCCCCCC(=O)OCC(COC(=O)CCCCCCCCCCCCCCCCCCC)OC(=O)CCCCC/C=C\C/C=C\C/C=C\C/C=C\C/C=C\CC. The maximum absolute atomic E-state index is 12.9. The summed E-state index contributed by atoms with van der Waals surface area (Å²) in [5.41, 5.74) is 0. The minimum atomic E-state index is -0.814. The summed E-state index contributed by atoms with van der Waals surface area (Å²) in [5.74, 6) is -0.959. The molecule has 1 atom stereocenters. The number of carbonyl (C=O) groups is 3. The summed E-state index contributed by atoms with van der Waals surface area (Å²) in [6.07, 6.45) is 101. The van der Waals surface area contributed by atoms with Crippen LogP contribution in [0.25, 0.3) is 0 Å². The molecule has 0 spiro atoms. The first-order valence-electron chi connectivity index (χ1n) is 34.0. The number of hydrogen-bond donors (Lipinski definition) is 0. The third kappa shape index (κ3) is 67.7. The van der Waals surface area contributed by atoms with E-state index in [0.29, 0.717) is 19.3 Å². The van der Waals surface area contributed by atoms with Gasteiger partial charge in [-0.2, -0.15) is 0 Å². The van der Waals surface area contributed by atoms with Gasteiger partial charge in [-0.15, -0.1) is 0 Å². The Bertz CT molecular complexity index is 1840. The van der Waals surface area contributed by atoms with E-state index in [0.717, 1.165) is 154 Å². The predicted molar refractivity (Wildman–Crippen MR) is 362 cm³/mol. The van der Waals surface area contributed by atoms with Crippen molar-refractivity contribution in [2.75, 3.05) is 13.2 Å². The van der Waals surface area contributed by atoms with Gasteiger partial charge in [-0.05, 0) is 128 Å². The largest absolute Gasteiger partial charge is 0.462 e. The Morgan fingerprint density at radius 2 is 0.470 bits per heavy atom. The van der Waals surface area contributed by atoms with Crippen molar-refractivity contribution in [3.05, 3.63) is 158 Å². The zero-order valence-electron chi connectivity index (χ0n) is 53.7. The lowest BCUT2D eigenvalue weighted by Gasteiger charge is -2.18. The van der Waals surface area contributed by atoms with Crippen LogP contribution in [0.2, 0.25) is 0 Å². The molecule has 0 fully saturated rings. The number of allylic oxidation sites excluding steroid dienone is 26. The van der Waals surface area contributed by atoms with E-state index in [2.05, 4.69) is 179 Å². The number of esters is 3. The van der Waals surface area contributed by atoms with Crippen molar-refractivity contribution in [1.29, 1.82) is 0 Å². The summed E-state index contributed by atoms with van der Waals surface area (Å²) in [6, 6.07) is 0. The van der Waals surface area contributed by atoms with Gasteiger partial charge in [0.1, 0.15) is 13.2 Å². The summed E-state index contributed by atoms with van der Waals surface area (Å²) in [7, 11) is 0. The summed E-state index contributed by atoms with van der Waals surface area (Å²) in [6.45, 7) is 6.38. The van der Waals surface area contributed by atoms with Gasteiger partial charge in [-0.25, -0.2) is 0 Å². The zero-order valence-corrected chi connectivity index (χ0v) is 53.7. The Balaban J connectivity index is 4.48. The Hall–Kier alpha value is -4.97. The molecule has 0 aliphatic rings. The Kier molecular flexibility index (Phi) is 65.4. The van der Waals surface area contributed by atoms with Crippen LogP contribution in [0.3, 0.4) is 0 Å². The summed E-state index contributed by atoms with van der Waals surface area (Å²) >= 11 is 0. The lowest BCUT2D eigenvalue weighted by molar-refractivity contribution is -0.167. The molecule has 0 aliphatic carbocycles. The monoisotopic (exact) mass is 1140 g/mol. The van der Waals surface area contributed by atoms with Crippen LogP contribution in [0.15, 0.2) is 158 Å². The molecule has 0 saturated heterocycles. The quantitative estimate of drug-likeness (QED) is 0.0261. The Morgan fingerprint density at radius 1 is 0.253 bits per heavy atom. The predicted octanol–water partition coefficient (Wildman–Crippen LogP) is 23.7. The minimum Gasteiger partial charge on any atom is -0.462 e. The number of ether oxygens (including phenoxy) is 3. The molecule has 6 heteroatoms. The van der Waals surface area contributed by atoms with Crippen LogP contribution in [0.5, 0.6) is 0 Å². The van der Waals surface area contributed by atoms with Crippen LogP contribution in [-0.2, 0) is 28.6 Å². The van der Waals surface area contributed by atoms with E-state index in [1.54, 1.807) is 0 Å². The van der Waals surface area contributed by atoms with Crippen molar-refractivity contribution in [1.82, 2.24) is 0 Å². The van der Waals surface area contributed by atoms with E-state index in [-0.39, 0.29) is 37.5 Å². The average Bonchev–Trinajstić information content (AvgIpc) is 3.49. The molecule has 83 heavy (non-hydrogen) atoms. The topological polar surface area (TPSA) is 78.9 Å². The van der Waals surface area contributed by atoms with Crippen LogP contribution in [0.4, 0.5) is 0 Å². The van der Waals surface area contributed by atoms with Gasteiger partial charge in [0.2, 0.25) is 0 Å². The lowest BCUT2D eigenvalue weighted by atomic mass is 10.0. The second-order valence-corrected chi connectivity index (χ2v) is 22.0. The van der Waals surface area contributed by atoms with Crippen molar-refractivity contribution in [2.45, 2.75) is 297 Å². The molecule has 0 aromatic carbocycles. The highest BCUT2D eigenvalue weighted by atomic mass is 16.6. The van der Waals surface area contributed by atoms with Crippen molar-refractivity contribution >= 4 is 17.9 Å².